The molecule has 1 aromatic heterocycles. The van der Waals surface area contributed by atoms with Crippen molar-refractivity contribution in [3.63, 3.8) is 0 Å². The van der Waals surface area contributed by atoms with Gasteiger partial charge in [-0.2, -0.15) is 0 Å². The molecule has 1 saturated carbocycles. The van der Waals surface area contributed by atoms with Gasteiger partial charge in [-0.3, -0.25) is 4.79 Å². The number of carbonyl (C=O) groups is 1. The molecule has 1 amide bonds. The van der Waals surface area contributed by atoms with E-state index in [0.717, 1.165) is 32.4 Å². The number of rotatable bonds is 1. The number of hydrogen-bond donors (Lipinski definition) is 0. The maximum absolute atomic E-state index is 12.8. The largest absolute Gasteiger partial charge is 0.347 e. The third-order valence-electron chi connectivity index (χ3n) is 5.58. The number of nitrogens with zero attached hydrogens (tertiary/aromatic N) is 2. The average molecular weight is 296 g/mol. The number of benzene rings is 1. The Kier molecular flexibility index (Phi) is 3.44. The number of carbonyl (C=O) groups excluding carboxylic acids is 1. The van der Waals surface area contributed by atoms with Gasteiger partial charge in [-0.25, -0.2) is 0 Å². The van der Waals surface area contributed by atoms with Crippen molar-refractivity contribution in [3.8, 4) is 0 Å². The summed E-state index contributed by atoms with van der Waals surface area (Å²) >= 11 is 0. The quantitative estimate of drug-likeness (QED) is 0.788. The third kappa shape index (κ3) is 2.15. The molecule has 116 valence electrons. The van der Waals surface area contributed by atoms with Crippen molar-refractivity contribution in [1.82, 2.24) is 9.47 Å². The van der Waals surface area contributed by atoms with Gasteiger partial charge in [0.05, 0.1) is 0 Å². The molecule has 0 bridgehead atoms. The van der Waals surface area contributed by atoms with E-state index in [4.69, 9.17) is 0 Å². The Balaban J connectivity index is 1.63. The molecule has 22 heavy (non-hydrogen) atoms. The van der Waals surface area contributed by atoms with Crippen LogP contribution in [0.3, 0.4) is 0 Å². The van der Waals surface area contributed by atoms with Gasteiger partial charge in [0, 0.05) is 54.6 Å². The van der Waals surface area contributed by atoms with Crippen molar-refractivity contribution in [3.05, 3.63) is 35.5 Å². The molecule has 3 nitrogen and oxygen atoms in total. The summed E-state index contributed by atoms with van der Waals surface area (Å²) in [4.78, 5) is 14.9. The molecule has 2 aliphatic rings. The molecule has 0 radical (unpaired) electrons. The molecule has 1 fully saturated rings. The van der Waals surface area contributed by atoms with Crippen LogP contribution in [0.4, 0.5) is 0 Å². The summed E-state index contributed by atoms with van der Waals surface area (Å²) in [6, 6.07) is 8.58. The smallest absolute Gasteiger partial charge is 0.225 e. The lowest BCUT2D eigenvalue weighted by Gasteiger charge is -2.32. The molecule has 4 rings (SSSR count). The number of hydrogen-bond acceptors (Lipinski definition) is 1. The Hall–Kier alpha value is -1.77. The zero-order valence-electron chi connectivity index (χ0n) is 13.3. The van der Waals surface area contributed by atoms with E-state index in [1.165, 1.54) is 41.4 Å². The van der Waals surface area contributed by atoms with Gasteiger partial charge in [0.15, 0.2) is 0 Å². The normalized spacial score (nSPS) is 19.4. The van der Waals surface area contributed by atoms with E-state index in [0.29, 0.717) is 5.91 Å². The average Bonchev–Trinajstić information content (AvgIpc) is 2.88. The molecule has 2 aromatic rings. The lowest BCUT2D eigenvalue weighted by molar-refractivity contribution is -0.137. The van der Waals surface area contributed by atoms with E-state index in [2.05, 4.69) is 40.8 Å². The lowest BCUT2D eigenvalue weighted by Crippen LogP contribution is -2.40. The van der Waals surface area contributed by atoms with Crippen LogP contribution < -0.4 is 0 Å². The molecule has 0 atom stereocenters. The second kappa shape index (κ2) is 5.45. The van der Waals surface area contributed by atoms with E-state index in [-0.39, 0.29) is 5.92 Å². The lowest BCUT2D eigenvalue weighted by atomic mass is 9.87. The van der Waals surface area contributed by atoms with Gasteiger partial charge in [0.25, 0.3) is 0 Å². The first-order valence-electron chi connectivity index (χ1n) is 8.59. The Bertz CT molecular complexity index is 710. The molecule has 1 aliphatic carbocycles. The standard InChI is InChI=1S/C19H24N2O/c1-20-17-10-6-5-9-15(17)16-13-21(12-11-18(16)20)19(22)14-7-3-2-4-8-14/h5-6,9-10,14H,2-4,7-8,11-13H2,1H3. The molecule has 1 aliphatic heterocycles. The van der Waals surface area contributed by atoms with E-state index >= 15 is 0 Å². The van der Waals surface area contributed by atoms with Crippen LogP contribution in [0.2, 0.25) is 0 Å². The minimum absolute atomic E-state index is 0.283. The van der Waals surface area contributed by atoms with E-state index in [9.17, 15) is 4.79 Å². The summed E-state index contributed by atoms with van der Waals surface area (Å²) in [5.74, 6) is 0.684. The first kappa shape index (κ1) is 13.9. The van der Waals surface area contributed by atoms with Crippen LogP contribution in [0.25, 0.3) is 10.9 Å². The highest BCUT2D eigenvalue weighted by atomic mass is 16.2. The van der Waals surface area contributed by atoms with Crippen molar-refractivity contribution in [2.75, 3.05) is 6.54 Å². The van der Waals surface area contributed by atoms with Crippen molar-refractivity contribution < 1.29 is 4.79 Å². The number of aromatic nitrogens is 1. The number of amides is 1. The second-order valence-corrected chi connectivity index (χ2v) is 6.85. The fraction of sp³-hybridized carbons (Fsp3) is 0.526. The second-order valence-electron chi connectivity index (χ2n) is 6.85. The van der Waals surface area contributed by atoms with Gasteiger partial charge >= 0.3 is 0 Å². The Morgan fingerprint density at radius 3 is 2.73 bits per heavy atom. The van der Waals surface area contributed by atoms with E-state index in [1.807, 2.05) is 0 Å². The molecule has 0 saturated heterocycles. The Morgan fingerprint density at radius 2 is 1.91 bits per heavy atom. The molecule has 2 heterocycles. The number of fused-ring (bicyclic) bond motifs is 3. The van der Waals surface area contributed by atoms with Crippen LogP contribution in [0.5, 0.6) is 0 Å². The van der Waals surface area contributed by atoms with Crippen LogP contribution >= 0.6 is 0 Å². The van der Waals surface area contributed by atoms with Crippen LogP contribution in [0.15, 0.2) is 24.3 Å². The summed E-state index contributed by atoms with van der Waals surface area (Å²) in [7, 11) is 2.15. The van der Waals surface area contributed by atoms with Crippen LogP contribution in [0.1, 0.15) is 43.4 Å². The predicted octanol–water partition coefficient (Wildman–Crippen LogP) is 3.64. The Morgan fingerprint density at radius 1 is 1.14 bits per heavy atom. The number of para-hydroxylation sites is 1. The predicted molar refractivity (Wildman–Crippen MR) is 88.6 cm³/mol. The van der Waals surface area contributed by atoms with E-state index < -0.39 is 0 Å². The minimum atomic E-state index is 0.283. The van der Waals surface area contributed by atoms with Crippen LogP contribution in [-0.2, 0) is 24.8 Å². The zero-order valence-corrected chi connectivity index (χ0v) is 13.3. The molecule has 0 spiro atoms. The molecule has 0 N–H and O–H groups in total. The highest BCUT2D eigenvalue weighted by molar-refractivity contribution is 5.87. The van der Waals surface area contributed by atoms with Crippen molar-refractivity contribution >= 4 is 16.8 Å². The van der Waals surface area contributed by atoms with E-state index in [1.54, 1.807) is 0 Å². The van der Waals surface area contributed by atoms with Gasteiger partial charge < -0.3 is 9.47 Å². The zero-order chi connectivity index (χ0) is 15.1. The minimum Gasteiger partial charge on any atom is -0.347 e. The summed E-state index contributed by atoms with van der Waals surface area (Å²) in [6.07, 6.45) is 6.93. The molecular formula is C19H24N2O. The Labute approximate surface area is 131 Å². The number of aryl methyl sites for hydroxylation is 1. The fourth-order valence-electron chi connectivity index (χ4n) is 4.33. The SMILES string of the molecule is Cn1c2c(c3ccccc31)CN(C(=O)C1CCCCC1)CC2. The van der Waals surface area contributed by atoms with Gasteiger partial charge in [-0.15, -0.1) is 0 Å². The maximum atomic E-state index is 12.8. The van der Waals surface area contributed by atoms with Crippen molar-refractivity contribution in [1.29, 1.82) is 0 Å². The highest BCUT2D eigenvalue weighted by Crippen LogP contribution is 2.32. The molecule has 3 heteroatoms. The van der Waals surface area contributed by atoms with Gasteiger partial charge in [-0.05, 0) is 18.9 Å². The van der Waals surface area contributed by atoms with Crippen LogP contribution in [-0.4, -0.2) is 21.9 Å². The van der Waals surface area contributed by atoms with Gasteiger partial charge in [0.1, 0.15) is 0 Å². The van der Waals surface area contributed by atoms with Gasteiger partial charge in [-0.1, -0.05) is 37.5 Å². The topological polar surface area (TPSA) is 25.2 Å². The fourth-order valence-corrected chi connectivity index (χ4v) is 4.33. The summed E-state index contributed by atoms with van der Waals surface area (Å²) < 4.78 is 2.31. The summed E-state index contributed by atoms with van der Waals surface area (Å²) in [5.41, 5.74) is 4.07. The first-order valence-corrected chi connectivity index (χ1v) is 8.59. The molecular weight excluding hydrogens is 272 g/mol. The van der Waals surface area contributed by atoms with Crippen molar-refractivity contribution in [2.24, 2.45) is 13.0 Å². The first-order chi connectivity index (χ1) is 10.8. The van der Waals surface area contributed by atoms with Crippen LogP contribution in [0, 0.1) is 5.92 Å². The van der Waals surface area contributed by atoms with Crippen molar-refractivity contribution in [2.45, 2.75) is 45.1 Å². The summed E-state index contributed by atoms with van der Waals surface area (Å²) in [6.45, 7) is 1.68. The summed E-state index contributed by atoms with van der Waals surface area (Å²) in [5, 5.41) is 1.32. The van der Waals surface area contributed by atoms with Gasteiger partial charge in [0.2, 0.25) is 5.91 Å². The third-order valence-corrected chi connectivity index (χ3v) is 5.58. The maximum Gasteiger partial charge on any atom is 0.225 e. The monoisotopic (exact) mass is 296 g/mol. The molecule has 0 unspecified atom stereocenters. The highest BCUT2D eigenvalue weighted by Gasteiger charge is 2.30. The molecule has 1 aromatic carbocycles.